The third-order valence-corrected chi connectivity index (χ3v) is 6.89. The molecule has 0 unspecified atom stereocenters. The predicted molar refractivity (Wildman–Crippen MR) is 127 cm³/mol. The second-order valence-electron chi connectivity index (χ2n) is 9.25. The summed E-state index contributed by atoms with van der Waals surface area (Å²) in [6.45, 7) is 0.679. The van der Waals surface area contributed by atoms with E-state index in [0.717, 1.165) is 0 Å². The molecule has 38 heavy (non-hydrogen) atoms. The Morgan fingerprint density at radius 3 is 2.26 bits per heavy atom. The van der Waals surface area contributed by atoms with Crippen LogP contribution in [0.5, 0.6) is 0 Å². The van der Waals surface area contributed by atoms with Gasteiger partial charge < -0.3 is 10.1 Å². The Balaban J connectivity index is 0.00000400. The van der Waals surface area contributed by atoms with Crippen molar-refractivity contribution in [2.75, 3.05) is 0 Å². The minimum Gasteiger partial charge on any atom is -0.362 e. The highest BCUT2D eigenvalue weighted by molar-refractivity contribution is 5.85. The highest BCUT2D eigenvalue weighted by Crippen LogP contribution is 2.52. The van der Waals surface area contributed by atoms with E-state index >= 15 is 0 Å². The monoisotopic (exact) mass is 563 g/mol. The summed E-state index contributed by atoms with van der Waals surface area (Å²) in [4.78, 5) is 14.8. The lowest BCUT2D eigenvalue weighted by atomic mass is 9.76. The highest BCUT2D eigenvalue weighted by Gasteiger charge is 2.63. The van der Waals surface area contributed by atoms with Gasteiger partial charge in [0, 0.05) is 23.9 Å². The number of carbonyl (C=O) groups is 1. The van der Waals surface area contributed by atoms with E-state index in [1.165, 1.54) is 6.92 Å². The molecule has 2 heterocycles. The van der Waals surface area contributed by atoms with Gasteiger partial charge in [0.25, 0.3) is 0 Å². The van der Waals surface area contributed by atoms with E-state index in [2.05, 4.69) is 20.7 Å². The Bertz CT molecular complexity index is 1190. The van der Waals surface area contributed by atoms with Crippen molar-refractivity contribution in [3.8, 4) is 0 Å². The van der Waals surface area contributed by atoms with Crippen molar-refractivity contribution >= 4 is 18.3 Å². The number of nitrogens with zero attached hydrogens (tertiary/aromatic N) is 3. The van der Waals surface area contributed by atoms with Crippen LogP contribution in [-0.4, -0.2) is 23.7 Å². The van der Waals surface area contributed by atoms with Crippen LogP contribution >= 0.6 is 12.4 Å². The molecular weight excluding hydrogens is 540 g/mol. The number of ether oxygens (including phenoxy) is 1. The molecule has 0 aromatic heterocycles. The topological polar surface area (TPSA) is 99.1 Å². The van der Waals surface area contributed by atoms with Gasteiger partial charge in [0.15, 0.2) is 5.72 Å². The average Bonchev–Trinajstić information content (AvgIpc) is 3.14. The van der Waals surface area contributed by atoms with Gasteiger partial charge in [-0.05, 0) is 54.1 Å². The fraction of sp³-hybridized carbons (Fsp3) is 0.458. The van der Waals surface area contributed by atoms with E-state index in [9.17, 15) is 36.7 Å². The average molecular weight is 564 g/mol. The molecule has 206 valence electrons. The summed E-state index contributed by atoms with van der Waals surface area (Å²) in [5, 5.41) is 10.2. The van der Waals surface area contributed by atoms with Gasteiger partial charge in [-0.2, -0.15) is 26.3 Å². The number of benzene rings is 2. The molecule has 0 saturated carbocycles. The van der Waals surface area contributed by atoms with Crippen LogP contribution in [0.3, 0.4) is 0 Å². The zero-order valence-electron chi connectivity index (χ0n) is 19.9. The summed E-state index contributed by atoms with van der Waals surface area (Å²) in [7, 11) is 0. The number of amides is 1. The molecule has 14 heteroatoms. The lowest BCUT2D eigenvalue weighted by Gasteiger charge is -2.49. The minimum absolute atomic E-state index is 0. The second kappa shape index (κ2) is 10.6. The molecule has 2 aliphatic rings. The Hall–Kier alpha value is -2.99. The van der Waals surface area contributed by atoms with Gasteiger partial charge in [0.2, 0.25) is 5.91 Å². The molecule has 1 amide bonds. The van der Waals surface area contributed by atoms with Crippen LogP contribution in [0.15, 0.2) is 53.6 Å². The van der Waals surface area contributed by atoms with Crippen molar-refractivity contribution in [2.45, 2.75) is 68.5 Å². The third kappa shape index (κ3) is 5.56. The van der Waals surface area contributed by atoms with Gasteiger partial charge in [-0.15, -0.1) is 12.4 Å². The van der Waals surface area contributed by atoms with Gasteiger partial charge in [-0.3, -0.25) is 10.1 Å². The number of alkyl halides is 6. The fourth-order valence-electron chi connectivity index (χ4n) is 5.36. The van der Waals surface area contributed by atoms with E-state index in [4.69, 9.17) is 4.74 Å². The highest BCUT2D eigenvalue weighted by atomic mass is 35.5. The molecule has 2 bridgehead atoms. The summed E-state index contributed by atoms with van der Waals surface area (Å²) in [5.41, 5.74) is 3.88. The van der Waals surface area contributed by atoms with E-state index in [0.29, 0.717) is 24.1 Å². The van der Waals surface area contributed by atoms with E-state index < -0.39 is 41.4 Å². The zero-order valence-corrected chi connectivity index (χ0v) is 20.8. The molecule has 2 aliphatic heterocycles. The number of rotatable bonds is 6. The molecule has 2 N–H and O–H groups in total. The minimum atomic E-state index is -5.01. The lowest BCUT2D eigenvalue weighted by Crippen LogP contribution is -2.62. The first kappa shape index (κ1) is 29.6. The Kier molecular flexibility index (Phi) is 8.28. The van der Waals surface area contributed by atoms with Crippen LogP contribution < -0.4 is 10.6 Å². The molecule has 2 aromatic carbocycles. The van der Waals surface area contributed by atoms with Gasteiger partial charge in [-0.25, -0.2) is 0 Å². The SMILES string of the molecule is CC(=O)N[C@@H]1C[C@]2(c3ccccc3)N[C@H]1CC[C@@]2(N=[N+]=[N-])OCc1cc(C(F)(F)F)cc(C(F)(F)F)c1.Cl. The smallest absolute Gasteiger partial charge is 0.362 e. The predicted octanol–water partition coefficient (Wildman–Crippen LogP) is 6.23. The van der Waals surface area contributed by atoms with Gasteiger partial charge in [0.05, 0.1) is 23.3 Å². The van der Waals surface area contributed by atoms with Crippen LogP contribution in [0.25, 0.3) is 10.4 Å². The quantitative estimate of drug-likeness (QED) is 0.189. The van der Waals surface area contributed by atoms with Crippen molar-refractivity contribution in [1.82, 2.24) is 10.6 Å². The fourth-order valence-corrected chi connectivity index (χ4v) is 5.36. The van der Waals surface area contributed by atoms with Crippen LogP contribution in [0.1, 0.15) is 48.4 Å². The van der Waals surface area contributed by atoms with Crippen LogP contribution in [0.4, 0.5) is 26.3 Å². The number of nitrogens with one attached hydrogen (secondary N) is 2. The number of piperidine rings is 1. The summed E-state index contributed by atoms with van der Waals surface area (Å²) in [5.74, 6) is -0.276. The molecule has 2 saturated heterocycles. The van der Waals surface area contributed by atoms with Gasteiger partial charge in [-0.1, -0.05) is 35.4 Å². The van der Waals surface area contributed by atoms with Gasteiger partial charge in [0.1, 0.15) is 0 Å². The first-order chi connectivity index (χ1) is 17.3. The van der Waals surface area contributed by atoms with Crippen molar-refractivity contribution in [1.29, 1.82) is 0 Å². The number of fused-ring (bicyclic) bond motifs is 2. The standard InChI is InChI=1S/C24H23F6N5O2.ClH/c1-14(36)32-20-12-21(16-5-3-2-4-6-16)22(34-35-31,8-7-19(20)33-21)37-13-15-9-17(23(25,26)27)11-18(10-15)24(28,29)30;/h2-6,9-11,19-20,33H,7-8,12-13H2,1H3,(H,32,36);1H/t19-,20+,21+,22+;/m0./s1. The Morgan fingerprint density at radius 2 is 1.74 bits per heavy atom. The van der Waals surface area contributed by atoms with E-state index in [-0.39, 0.29) is 54.9 Å². The molecule has 7 nitrogen and oxygen atoms in total. The maximum absolute atomic E-state index is 13.4. The van der Waals surface area contributed by atoms with E-state index in [1.807, 2.05) is 0 Å². The Morgan fingerprint density at radius 1 is 1.13 bits per heavy atom. The molecule has 4 atom stereocenters. The molecule has 2 fully saturated rings. The molecule has 0 aliphatic carbocycles. The largest absolute Gasteiger partial charge is 0.416 e. The molecule has 2 aromatic rings. The lowest BCUT2D eigenvalue weighted by molar-refractivity contribution is -0.144. The number of halogens is 7. The van der Waals surface area contributed by atoms with Crippen LogP contribution in [-0.2, 0) is 34.0 Å². The number of azide groups is 1. The van der Waals surface area contributed by atoms with Crippen molar-refractivity contribution < 1.29 is 35.9 Å². The van der Waals surface area contributed by atoms with Crippen LogP contribution in [0.2, 0.25) is 0 Å². The number of hydrogen-bond donors (Lipinski definition) is 2. The normalized spacial score (nSPS) is 26.7. The maximum atomic E-state index is 13.4. The van der Waals surface area contributed by atoms with Crippen LogP contribution in [0, 0.1) is 0 Å². The molecule has 4 rings (SSSR count). The zero-order chi connectivity index (χ0) is 27.1. The summed E-state index contributed by atoms with van der Waals surface area (Å²) < 4.78 is 86.2. The summed E-state index contributed by atoms with van der Waals surface area (Å²) in [6, 6.07) is 9.37. The number of carbonyl (C=O) groups excluding carboxylic acids is 1. The first-order valence-electron chi connectivity index (χ1n) is 11.4. The molecule has 0 spiro atoms. The van der Waals surface area contributed by atoms with Gasteiger partial charge >= 0.3 is 12.4 Å². The third-order valence-electron chi connectivity index (χ3n) is 6.89. The Labute approximate surface area is 220 Å². The summed E-state index contributed by atoms with van der Waals surface area (Å²) in [6.07, 6.45) is -9.32. The first-order valence-corrected chi connectivity index (χ1v) is 11.4. The van der Waals surface area contributed by atoms with Crippen molar-refractivity contribution in [3.63, 3.8) is 0 Å². The number of hydrogen-bond acceptors (Lipinski definition) is 4. The van der Waals surface area contributed by atoms with Crippen molar-refractivity contribution in [2.24, 2.45) is 5.11 Å². The summed E-state index contributed by atoms with van der Waals surface area (Å²) >= 11 is 0. The van der Waals surface area contributed by atoms with Crippen molar-refractivity contribution in [3.05, 3.63) is 81.2 Å². The molecule has 0 radical (unpaired) electrons. The van der Waals surface area contributed by atoms with E-state index in [1.54, 1.807) is 30.3 Å². The molecular formula is C24H24ClF6N5O2. The second-order valence-corrected chi connectivity index (χ2v) is 9.25. The maximum Gasteiger partial charge on any atom is 0.416 e.